The highest BCUT2D eigenvalue weighted by Gasteiger charge is 2.27. The number of hydrogen-bond acceptors (Lipinski definition) is 5. The molecule has 0 unspecified atom stereocenters. The molecule has 0 radical (unpaired) electrons. The first-order valence-electron chi connectivity index (χ1n) is 8.50. The zero-order chi connectivity index (χ0) is 15.9. The van der Waals surface area contributed by atoms with Gasteiger partial charge in [0.05, 0.1) is 29.7 Å². The van der Waals surface area contributed by atoms with Crippen molar-refractivity contribution in [3.8, 4) is 11.5 Å². The average molecular weight is 321 g/mol. The summed E-state index contributed by atoms with van der Waals surface area (Å²) in [6.45, 7) is 2.74. The van der Waals surface area contributed by atoms with Gasteiger partial charge in [0.2, 0.25) is 0 Å². The van der Waals surface area contributed by atoms with Crippen molar-refractivity contribution in [3.05, 3.63) is 47.9 Å². The van der Waals surface area contributed by atoms with Gasteiger partial charge >= 0.3 is 0 Å². The molecule has 24 heavy (non-hydrogen) atoms. The molecule has 3 aromatic rings. The predicted molar refractivity (Wildman–Crippen MR) is 88.3 cm³/mol. The van der Waals surface area contributed by atoms with E-state index in [1.807, 2.05) is 12.4 Å². The summed E-state index contributed by atoms with van der Waals surface area (Å²) in [7, 11) is 0. The van der Waals surface area contributed by atoms with Crippen molar-refractivity contribution < 1.29 is 0 Å². The van der Waals surface area contributed by atoms with Gasteiger partial charge < -0.3 is 9.88 Å². The third-order valence-electron chi connectivity index (χ3n) is 4.92. The number of fused-ring (bicyclic) bond motifs is 2. The Morgan fingerprint density at radius 2 is 2.08 bits per heavy atom. The molecule has 7 nitrogen and oxygen atoms in total. The molecular weight excluding hydrogens is 302 g/mol. The smallest absolute Gasteiger partial charge is 0.161 e. The van der Waals surface area contributed by atoms with E-state index >= 15 is 0 Å². The van der Waals surface area contributed by atoms with E-state index in [0.717, 1.165) is 61.8 Å². The monoisotopic (exact) mass is 321 g/mol. The van der Waals surface area contributed by atoms with E-state index < -0.39 is 0 Å². The van der Waals surface area contributed by atoms with Crippen LogP contribution in [0.25, 0.3) is 11.5 Å². The zero-order valence-electron chi connectivity index (χ0n) is 13.4. The highest BCUT2D eigenvalue weighted by atomic mass is 15.3. The SMILES string of the molecule is c1cnc2c(n1)CCC[C@H]2n1ccnc1-c1cc2n(n1)CCNC2. The first-order chi connectivity index (χ1) is 11.9. The highest BCUT2D eigenvalue weighted by Crippen LogP contribution is 2.33. The van der Waals surface area contributed by atoms with Crippen molar-refractivity contribution in [3.63, 3.8) is 0 Å². The summed E-state index contributed by atoms with van der Waals surface area (Å²) in [4.78, 5) is 13.7. The van der Waals surface area contributed by atoms with Gasteiger partial charge in [0.25, 0.3) is 0 Å². The van der Waals surface area contributed by atoms with E-state index in [0.29, 0.717) is 0 Å². The molecular formula is C17H19N7. The van der Waals surface area contributed by atoms with Crippen molar-refractivity contribution in [2.45, 2.75) is 38.4 Å². The molecule has 1 atom stereocenters. The third kappa shape index (κ3) is 2.16. The molecule has 2 aliphatic rings. The van der Waals surface area contributed by atoms with Crippen molar-refractivity contribution in [1.82, 2.24) is 34.6 Å². The Labute approximate surface area is 139 Å². The standard InChI is InChI=1S/C17H19N7/c1-2-13-16(20-5-4-19-13)15(3-1)23-8-7-21-17(23)14-10-12-11-18-6-9-24(12)22-14/h4-5,7-8,10,15,18H,1-3,6,9,11H2/t15-/m1/s1. The fourth-order valence-electron chi connectivity index (χ4n) is 3.78. The summed E-state index contributed by atoms with van der Waals surface area (Å²) in [6, 6.07) is 2.34. The zero-order valence-corrected chi connectivity index (χ0v) is 13.4. The number of aromatic nitrogens is 6. The summed E-state index contributed by atoms with van der Waals surface area (Å²) in [5.41, 5.74) is 4.35. The molecule has 0 saturated carbocycles. The minimum atomic E-state index is 0.191. The van der Waals surface area contributed by atoms with E-state index in [4.69, 9.17) is 5.10 Å². The van der Waals surface area contributed by atoms with Crippen molar-refractivity contribution in [1.29, 1.82) is 0 Å². The number of nitrogens with zero attached hydrogens (tertiary/aromatic N) is 6. The largest absolute Gasteiger partial charge is 0.320 e. The molecule has 7 heteroatoms. The molecule has 122 valence electrons. The fourth-order valence-corrected chi connectivity index (χ4v) is 3.78. The van der Waals surface area contributed by atoms with Crippen molar-refractivity contribution in [2.24, 2.45) is 0 Å². The topological polar surface area (TPSA) is 73.5 Å². The maximum atomic E-state index is 4.76. The van der Waals surface area contributed by atoms with Crippen LogP contribution in [0.15, 0.2) is 30.9 Å². The lowest BCUT2D eigenvalue weighted by molar-refractivity contribution is 0.468. The second kappa shape index (κ2) is 5.52. The normalized spacial score (nSPS) is 19.8. The van der Waals surface area contributed by atoms with Gasteiger partial charge in [-0.15, -0.1) is 0 Å². The van der Waals surface area contributed by atoms with E-state index in [-0.39, 0.29) is 6.04 Å². The highest BCUT2D eigenvalue weighted by molar-refractivity contribution is 5.51. The molecule has 1 aliphatic heterocycles. The van der Waals surface area contributed by atoms with E-state index in [2.05, 4.69) is 35.6 Å². The van der Waals surface area contributed by atoms with Crippen LogP contribution in [-0.4, -0.2) is 35.8 Å². The summed E-state index contributed by atoms with van der Waals surface area (Å²) < 4.78 is 4.30. The Balaban J connectivity index is 1.58. The molecule has 5 rings (SSSR count). The van der Waals surface area contributed by atoms with Crippen LogP contribution in [0.4, 0.5) is 0 Å². The maximum Gasteiger partial charge on any atom is 0.161 e. The van der Waals surface area contributed by atoms with Gasteiger partial charge in [-0.1, -0.05) is 0 Å². The summed E-state index contributed by atoms with van der Waals surface area (Å²) in [5, 5.41) is 8.15. The van der Waals surface area contributed by atoms with Gasteiger partial charge in [0, 0.05) is 37.9 Å². The van der Waals surface area contributed by atoms with Crippen LogP contribution in [0.1, 0.15) is 36.0 Å². The lowest BCUT2D eigenvalue weighted by atomic mass is 9.95. The van der Waals surface area contributed by atoms with Crippen LogP contribution in [-0.2, 0) is 19.5 Å². The van der Waals surface area contributed by atoms with Crippen LogP contribution in [0, 0.1) is 0 Å². The van der Waals surface area contributed by atoms with Crippen LogP contribution in [0.2, 0.25) is 0 Å². The van der Waals surface area contributed by atoms with Gasteiger partial charge in [0.1, 0.15) is 5.69 Å². The van der Waals surface area contributed by atoms with Gasteiger partial charge in [-0.05, 0) is 25.3 Å². The van der Waals surface area contributed by atoms with Gasteiger partial charge in [-0.2, -0.15) is 5.10 Å². The minimum Gasteiger partial charge on any atom is -0.320 e. The molecule has 3 aromatic heterocycles. The Morgan fingerprint density at radius 1 is 1.12 bits per heavy atom. The molecule has 0 amide bonds. The third-order valence-corrected chi connectivity index (χ3v) is 4.92. The molecule has 0 fully saturated rings. The van der Waals surface area contributed by atoms with Crippen LogP contribution < -0.4 is 5.32 Å². The van der Waals surface area contributed by atoms with Crippen LogP contribution in [0.3, 0.4) is 0 Å². The molecule has 0 bridgehead atoms. The summed E-state index contributed by atoms with van der Waals surface area (Å²) in [5.74, 6) is 0.917. The van der Waals surface area contributed by atoms with Gasteiger partial charge in [-0.25, -0.2) is 4.98 Å². The molecule has 0 saturated heterocycles. The van der Waals surface area contributed by atoms with E-state index in [9.17, 15) is 0 Å². The first-order valence-corrected chi connectivity index (χ1v) is 8.50. The molecule has 4 heterocycles. The number of rotatable bonds is 2. The van der Waals surface area contributed by atoms with Gasteiger partial charge in [-0.3, -0.25) is 14.6 Å². The number of aryl methyl sites for hydroxylation is 1. The summed E-state index contributed by atoms with van der Waals surface area (Å²) in [6.07, 6.45) is 10.7. The molecule has 0 spiro atoms. The molecule has 1 N–H and O–H groups in total. The Kier molecular flexibility index (Phi) is 3.19. The van der Waals surface area contributed by atoms with Crippen LogP contribution in [0.5, 0.6) is 0 Å². The maximum absolute atomic E-state index is 4.76. The summed E-state index contributed by atoms with van der Waals surface area (Å²) >= 11 is 0. The predicted octanol–water partition coefficient (Wildman–Crippen LogP) is 1.57. The number of nitrogens with one attached hydrogen (secondary N) is 1. The van der Waals surface area contributed by atoms with Crippen molar-refractivity contribution >= 4 is 0 Å². The van der Waals surface area contributed by atoms with Crippen molar-refractivity contribution in [2.75, 3.05) is 6.54 Å². The average Bonchev–Trinajstić information content (AvgIpc) is 3.27. The molecule has 1 aliphatic carbocycles. The Morgan fingerprint density at radius 3 is 3.04 bits per heavy atom. The Bertz CT molecular complexity index is 855. The first kappa shape index (κ1) is 13.9. The fraction of sp³-hybridized carbons (Fsp3) is 0.412. The second-order valence-electron chi connectivity index (χ2n) is 6.38. The lowest BCUT2D eigenvalue weighted by Gasteiger charge is -2.25. The molecule has 0 aromatic carbocycles. The Hall–Kier alpha value is -2.54. The quantitative estimate of drug-likeness (QED) is 0.775. The van der Waals surface area contributed by atoms with Crippen LogP contribution >= 0.6 is 0 Å². The van der Waals surface area contributed by atoms with Gasteiger partial charge in [0.15, 0.2) is 5.82 Å². The number of imidazole rings is 1. The number of hydrogen-bond donors (Lipinski definition) is 1. The minimum absolute atomic E-state index is 0.191. The lowest BCUT2D eigenvalue weighted by Crippen LogP contribution is -2.28. The second-order valence-corrected chi connectivity index (χ2v) is 6.38. The van der Waals surface area contributed by atoms with E-state index in [1.165, 1.54) is 5.69 Å². The van der Waals surface area contributed by atoms with E-state index in [1.54, 1.807) is 12.4 Å².